The number of amides is 1. The van der Waals surface area contributed by atoms with Gasteiger partial charge in [0.15, 0.2) is 5.69 Å². The van der Waals surface area contributed by atoms with Gasteiger partial charge in [-0.1, -0.05) is 30.3 Å². The molecule has 0 saturated carbocycles. The molecule has 1 amide bonds. The molecule has 0 radical (unpaired) electrons. The van der Waals surface area contributed by atoms with Crippen molar-refractivity contribution < 1.29 is 18.0 Å². The van der Waals surface area contributed by atoms with E-state index in [1.54, 1.807) is 48.2 Å². The molecule has 0 aliphatic carbocycles. The second kappa shape index (κ2) is 10.5. The van der Waals surface area contributed by atoms with Crippen molar-refractivity contribution in [2.24, 2.45) is 0 Å². The van der Waals surface area contributed by atoms with Crippen LogP contribution in [0.1, 0.15) is 46.3 Å². The van der Waals surface area contributed by atoms with Gasteiger partial charge in [-0.25, -0.2) is 0 Å². The summed E-state index contributed by atoms with van der Waals surface area (Å²) in [7, 11) is 3.84. The van der Waals surface area contributed by atoms with Gasteiger partial charge in [0.25, 0.3) is 0 Å². The lowest BCUT2D eigenvalue weighted by molar-refractivity contribution is -0.141. The molecule has 0 bridgehead atoms. The molecule has 3 aromatic rings. The topological polar surface area (TPSA) is 65.2 Å². The molecular weight excluding hydrogens is 499 g/mol. The first kappa shape index (κ1) is 26.6. The lowest BCUT2D eigenvalue weighted by Crippen LogP contribution is -2.37. The Hall–Kier alpha value is -3.42. The summed E-state index contributed by atoms with van der Waals surface area (Å²) in [5.41, 5.74) is 1.02. The van der Waals surface area contributed by atoms with Crippen LogP contribution in [0, 0.1) is 11.3 Å². The molecule has 1 aliphatic rings. The zero-order valence-electron chi connectivity index (χ0n) is 21.1. The molecule has 0 fully saturated rings. The maximum absolute atomic E-state index is 13.9. The minimum Gasteiger partial charge on any atom is -0.333 e. The average Bonchev–Trinajstić information content (AvgIpc) is 3.50. The van der Waals surface area contributed by atoms with Crippen LogP contribution in [0.4, 0.5) is 13.2 Å². The van der Waals surface area contributed by atoms with Gasteiger partial charge in [-0.15, -0.1) is 11.3 Å². The van der Waals surface area contributed by atoms with Crippen LogP contribution in [0.2, 0.25) is 0 Å². The molecule has 2 atom stereocenters. The maximum atomic E-state index is 13.9. The Morgan fingerprint density at radius 2 is 2.03 bits per heavy atom. The highest BCUT2D eigenvalue weighted by Crippen LogP contribution is 2.44. The number of hydrogen-bond donors (Lipinski definition) is 0. The average molecular weight is 528 g/mol. The Labute approximate surface area is 218 Å². The quantitative estimate of drug-likeness (QED) is 0.397. The van der Waals surface area contributed by atoms with Crippen LogP contribution in [0.5, 0.6) is 0 Å². The van der Waals surface area contributed by atoms with Crippen LogP contribution < -0.4 is 0 Å². The number of aromatic nitrogens is 2. The predicted molar refractivity (Wildman–Crippen MR) is 137 cm³/mol. The van der Waals surface area contributed by atoms with Gasteiger partial charge in [0.2, 0.25) is 5.91 Å². The third kappa shape index (κ3) is 5.48. The minimum absolute atomic E-state index is 0.00499. The number of nitriles is 1. The van der Waals surface area contributed by atoms with Crippen LogP contribution in [0.25, 0.3) is 11.1 Å². The highest BCUT2D eigenvalue weighted by molar-refractivity contribution is 7.12. The smallest absolute Gasteiger partial charge is 0.333 e. The van der Waals surface area contributed by atoms with Crippen molar-refractivity contribution in [1.82, 2.24) is 19.6 Å². The van der Waals surface area contributed by atoms with E-state index in [-0.39, 0.29) is 24.1 Å². The van der Waals surface area contributed by atoms with E-state index < -0.39 is 17.8 Å². The Kier molecular flexibility index (Phi) is 7.57. The molecule has 194 valence electrons. The molecule has 0 N–H and O–H groups in total. The van der Waals surface area contributed by atoms with Gasteiger partial charge in [-0.3, -0.25) is 9.48 Å². The molecule has 0 saturated heterocycles. The summed E-state index contributed by atoms with van der Waals surface area (Å²) >= 11 is 1.32. The molecule has 3 heterocycles. The number of aryl methyl sites for hydroxylation is 1. The second-order valence-electron chi connectivity index (χ2n) is 9.27. The molecule has 37 heavy (non-hydrogen) atoms. The van der Waals surface area contributed by atoms with Crippen molar-refractivity contribution in [3.05, 3.63) is 75.3 Å². The van der Waals surface area contributed by atoms with Gasteiger partial charge in [-0.2, -0.15) is 23.5 Å². The number of nitrogens with zero attached hydrogens (tertiary/aromatic N) is 5. The highest BCUT2D eigenvalue weighted by Gasteiger charge is 2.39. The summed E-state index contributed by atoms with van der Waals surface area (Å²) < 4.78 is 43.1. The summed E-state index contributed by atoms with van der Waals surface area (Å²) in [5.74, 6) is -0.573. The van der Waals surface area contributed by atoms with Gasteiger partial charge in [0, 0.05) is 47.8 Å². The molecular formula is C27H28F3N5OS. The molecule has 0 spiro atoms. The normalized spacial score (nSPS) is 16.7. The lowest BCUT2D eigenvalue weighted by Gasteiger charge is -2.33. The molecule has 4 rings (SSSR count). The molecule has 0 unspecified atom stereocenters. The highest BCUT2D eigenvalue weighted by atomic mass is 32.1. The van der Waals surface area contributed by atoms with Crippen LogP contribution in [-0.2, 0) is 24.1 Å². The van der Waals surface area contributed by atoms with Crippen molar-refractivity contribution in [3.63, 3.8) is 0 Å². The van der Waals surface area contributed by atoms with E-state index in [2.05, 4.69) is 11.2 Å². The van der Waals surface area contributed by atoms with E-state index in [1.165, 1.54) is 22.2 Å². The number of alkyl halides is 3. The Morgan fingerprint density at radius 3 is 2.68 bits per heavy atom. The Bertz CT molecular complexity index is 1370. The number of likely N-dealkylation sites (N-methyl/N-ethyl adjacent to an activating group) is 1. The van der Waals surface area contributed by atoms with Gasteiger partial charge in [-0.05, 0) is 50.7 Å². The number of thiophene rings is 1. The van der Waals surface area contributed by atoms with Crippen molar-refractivity contribution in [2.75, 3.05) is 20.6 Å². The SMILES string of the molecule is CCn1cc(-c2ccccc2[C@@H]2CN(C(=O)/C=C/[C@@H](C)N(C)C)Cc3sc(C#N)cc32)c(C(F)(F)F)n1. The Morgan fingerprint density at radius 1 is 1.30 bits per heavy atom. The standard InChI is InChI=1S/C27H28F3N5OS/c1-5-35-15-23(26(32-35)27(28,29)30)20-9-7-6-8-19(20)22-14-34(25(36)11-10-17(2)33(3)4)16-24-21(22)12-18(13-31)37-24/h6-12,15,17,22H,5,14,16H2,1-4H3/b11-10+/t17-,22+/m1/s1. The number of benzene rings is 1. The fourth-order valence-corrected chi connectivity index (χ4v) is 5.48. The second-order valence-corrected chi connectivity index (χ2v) is 10.4. The third-order valence-electron chi connectivity index (χ3n) is 6.69. The molecule has 1 aliphatic heterocycles. The van der Waals surface area contributed by atoms with Gasteiger partial charge >= 0.3 is 6.18 Å². The summed E-state index contributed by atoms with van der Waals surface area (Å²) in [6.45, 7) is 4.65. The first-order chi connectivity index (χ1) is 17.5. The van der Waals surface area contributed by atoms with E-state index in [0.717, 1.165) is 10.4 Å². The molecule has 1 aromatic carbocycles. The first-order valence-electron chi connectivity index (χ1n) is 11.9. The molecule has 6 nitrogen and oxygen atoms in total. The van der Waals surface area contributed by atoms with Crippen molar-refractivity contribution >= 4 is 17.2 Å². The van der Waals surface area contributed by atoms with E-state index in [9.17, 15) is 23.2 Å². The zero-order valence-corrected chi connectivity index (χ0v) is 21.9. The van der Waals surface area contributed by atoms with Crippen molar-refractivity contribution in [3.8, 4) is 17.2 Å². The van der Waals surface area contributed by atoms with Crippen LogP contribution in [0.15, 0.2) is 48.7 Å². The van der Waals surface area contributed by atoms with Gasteiger partial charge in [0.05, 0.1) is 6.54 Å². The number of rotatable bonds is 6. The largest absolute Gasteiger partial charge is 0.435 e. The van der Waals surface area contributed by atoms with Crippen LogP contribution in [0.3, 0.4) is 0 Å². The van der Waals surface area contributed by atoms with Crippen molar-refractivity contribution in [2.45, 2.75) is 45.1 Å². The molecule has 10 heteroatoms. The fraction of sp³-hybridized carbons (Fsp3) is 0.370. The first-order valence-corrected chi connectivity index (χ1v) is 12.7. The maximum Gasteiger partial charge on any atom is 0.435 e. The third-order valence-corrected chi connectivity index (χ3v) is 7.73. The fourth-order valence-electron chi connectivity index (χ4n) is 4.44. The van der Waals surface area contributed by atoms with E-state index in [4.69, 9.17) is 0 Å². The summed E-state index contributed by atoms with van der Waals surface area (Å²) in [6, 6.07) is 11.0. The van der Waals surface area contributed by atoms with Crippen LogP contribution in [-0.4, -0.2) is 52.2 Å². The van der Waals surface area contributed by atoms with Crippen LogP contribution >= 0.6 is 11.3 Å². The molecule has 2 aromatic heterocycles. The number of carbonyl (C=O) groups excluding carboxylic acids is 1. The van der Waals surface area contributed by atoms with Crippen molar-refractivity contribution in [1.29, 1.82) is 5.26 Å². The number of fused-ring (bicyclic) bond motifs is 1. The predicted octanol–water partition coefficient (Wildman–Crippen LogP) is 5.50. The number of carbonyl (C=O) groups is 1. The van der Waals surface area contributed by atoms with E-state index >= 15 is 0 Å². The van der Waals surface area contributed by atoms with Gasteiger partial charge in [0.1, 0.15) is 10.9 Å². The summed E-state index contributed by atoms with van der Waals surface area (Å²) in [4.78, 5) is 18.2. The summed E-state index contributed by atoms with van der Waals surface area (Å²) in [6.07, 6.45) is 0.177. The minimum atomic E-state index is -4.62. The zero-order chi connectivity index (χ0) is 26.9. The Balaban J connectivity index is 1.81. The summed E-state index contributed by atoms with van der Waals surface area (Å²) in [5, 5.41) is 13.3. The number of hydrogen-bond acceptors (Lipinski definition) is 5. The van der Waals surface area contributed by atoms with Gasteiger partial charge < -0.3 is 9.80 Å². The monoisotopic (exact) mass is 527 g/mol. The number of halogens is 3. The lowest BCUT2D eigenvalue weighted by atomic mass is 9.83. The van der Waals surface area contributed by atoms with E-state index in [0.29, 0.717) is 29.1 Å². The van der Waals surface area contributed by atoms with E-state index in [1.807, 2.05) is 32.0 Å².